The van der Waals surface area contributed by atoms with E-state index in [1.165, 1.54) is 11.1 Å². The summed E-state index contributed by atoms with van der Waals surface area (Å²) in [7, 11) is 0. The Labute approximate surface area is 245 Å². The Hall–Kier alpha value is -3.87. The molecule has 0 fully saturated rings. The minimum atomic E-state index is -0.203. The molecule has 3 rings (SSSR count). The van der Waals surface area contributed by atoms with Crippen molar-refractivity contribution in [2.45, 2.75) is 58.3 Å². The number of hydrogen-bond acceptors (Lipinski definition) is 5. The molecule has 0 aromatic heterocycles. The number of dihydropyridines is 1. The number of rotatable bonds is 18. The van der Waals surface area contributed by atoms with E-state index < -0.39 is 0 Å². The molecule has 0 spiro atoms. The molecule has 0 radical (unpaired) electrons. The molecular formula is C34H45N3O4. The Morgan fingerprint density at radius 2 is 1.66 bits per heavy atom. The lowest BCUT2D eigenvalue weighted by Gasteiger charge is -2.23. The number of hydrogen-bond donors (Lipinski definition) is 2. The van der Waals surface area contributed by atoms with Gasteiger partial charge in [-0.2, -0.15) is 0 Å². The second-order valence-corrected chi connectivity index (χ2v) is 10.5. The first-order chi connectivity index (χ1) is 20.0. The zero-order valence-electron chi connectivity index (χ0n) is 24.4. The summed E-state index contributed by atoms with van der Waals surface area (Å²) in [5.41, 5.74) is 3.59. The number of benzene rings is 2. The Kier molecular flexibility index (Phi) is 14.3. The maximum atomic E-state index is 13.2. The van der Waals surface area contributed by atoms with Crippen LogP contribution in [0.4, 0.5) is 0 Å². The van der Waals surface area contributed by atoms with Crippen LogP contribution in [0.25, 0.3) is 0 Å². The third kappa shape index (κ3) is 12.9. The normalized spacial score (nSPS) is 13.0. The van der Waals surface area contributed by atoms with Crippen molar-refractivity contribution in [2.24, 2.45) is 5.92 Å². The van der Waals surface area contributed by atoms with Gasteiger partial charge in [0.05, 0.1) is 13.2 Å². The largest absolute Gasteiger partial charge is 0.466 e. The maximum absolute atomic E-state index is 13.2. The summed E-state index contributed by atoms with van der Waals surface area (Å²) in [5.74, 6) is -0.278. The topological polar surface area (TPSA) is 87.7 Å². The quantitative estimate of drug-likeness (QED) is 0.252. The lowest BCUT2D eigenvalue weighted by Crippen LogP contribution is -2.42. The van der Waals surface area contributed by atoms with Gasteiger partial charge in [0.25, 0.3) is 0 Å². The second kappa shape index (κ2) is 18.5. The molecule has 2 N–H and O–H groups in total. The van der Waals surface area contributed by atoms with Crippen LogP contribution in [0.15, 0.2) is 84.6 Å². The molecule has 0 saturated carbocycles. The van der Waals surface area contributed by atoms with Crippen molar-refractivity contribution in [1.29, 1.82) is 0 Å². The zero-order chi connectivity index (χ0) is 29.1. The fraction of sp³-hybridized carbons (Fsp3) is 0.441. The van der Waals surface area contributed by atoms with Crippen LogP contribution >= 0.6 is 0 Å². The molecule has 0 aliphatic carbocycles. The number of aryl methyl sites for hydroxylation is 1. The smallest absolute Gasteiger partial charge is 0.306 e. The molecule has 1 aliphatic rings. The molecule has 1 aliphatic heterocycles. The fourth-order valence-electron chi connectivity index (χ4n) is 4.94. The molecule has 2 amide bonds. The van der Waals surface area contributed by atoms with E-state index in [2.05, 4.69) is 28.8 Å². The van der Waals surface area contributed by atoms with Gasteiger partial charge in [0.15, 0.2) is 0 Å². The number of nitrogens with one attached hydrogen (secondary N) is 2. The molecule has 7 heteroatoms. The van der Waals surface area contributed by atoms with Crippen LogP contribution in [-0.4, -0.2) is 55.5 Å². The number of ether oxygens (including phenoxy) is 1. The van der Waals surface area contributed by atoms with Crippen LogP contribution in [0.5, 0.6) is 0 Å². The summed E-state index contributed by atoms with van der Waals surface area (Å²) < 4.78 is 5.18. The van der Waals surface area contributed by atoms with Gasteiger partial charge in [0, 0.05) is 32.5 Å². The summed E-state index contributed by atoms with van der Waals surface area (Å²) in [6, 6.07) is 20.2. The van der Waals surface area contributed by atoms with Crippen molar-refractivity contribution < 1.29 is 19.1 Å². The van der Waals surface area contributed by atoms with Crippen LogP contribution in [0.2, 0.25) is 0 Å². The molecule has 7 nitrogen and oxygen atoms in total. The molecule has 2 aromatic carbocycles. The molecule has 220 valence electrons. The molecule has 1 heterocycles. The van der Waals surface area contributed by atoms with Gasteiger partial charge in [0.2, 0.25) is 11.8 Å². The van der Waals surface area contributed by atoms with Crippen LogP contribution in [0.3, 0.4) is 0 Å². The summed E-state index contributed by atoms with van der Waals surface area (Å²) in [6.07, 6.45) is 11.5. The summed E-state index contributed by atoms with van der Waals surface area (Å²) in [5, 5.41) is 6.14. The van der Waals surface area contributed by atoms with Crippen molar-refractivity contribution in [3.05, 3.63) is 95.7 Å². The molecule has 0 saturated heterocycles. The zero-order valence-corrected chi connectivity index (χ0v) is 24.4. The summed E-state index contributed by atoms with van der Waals surface area (Å²) in [4.78, 5) is 40.0. The van der Waals surface area contributed by atoms with Crippen LogP contribution in [0.1, 0.15) is 56.6 Å². The number of allylic oxidation sites excluding steroid dienone is 2. The summed E-state index contributed by atoms with van der Waals surface area (Å²) >= 11 is 0. The van der Waals surface area contributed by atoms with Gasteiger partial charge in [-0.25, -0.2) is 0 Å². The number of esters is 1. The van der Waals surface area contributed by atoms with E-state index in [9.17, 15) is 14.4 Å². The van der Waals surface area contributed by atoms with Gasteiger partial charge < -0.3 is 20.3 Å². The van der Waals surface area contributed by atoms with Crippen molar-refractivity contribution in [1.82, 2.24) is 15.5 Å². The van der Waals surface area contributed by atoms with Crippen LogP contribution < -0.4 is 10.6 Å². The van der Waals surface area contributed by atoms with E-state index >= 15 is 0 Å². The van der Waals surface area contributed by atoms with Crippen LogP contribution in [-0.2, 0) is 32.0 Å². The molecule has 41 heavy (non-hydrogen) atoms. The first-order valence-electron chi connectivity index (χ1n) is 14.9. The monoisotopic (exact) mass is 559 g/mol. The van der Waals surface area contributed by atoms with Gasteiger partial charge in [-0.15, -0.1) is 0 Å². The number of nitrogens with zero attached hydrogens (tertiary/aromatic N) is 1. The lowest BCUT2D eigenvalue weighted by atomic mass is 9.93. The molecule has 1 atom stereocenters. The average Bonchev–Trinajstić information content (AvgIpc) is 2.99. The van der Waals surface area contributed by atoms with E-state index in [-0.39, 0.29) is 30.2 Å². The van der Waals surface area contributed by atoms with Crippen molar-refractivity contribution in [2.75, 3.05) is 32.8 Å². The summed E-state index contributed by atoms with van der Waals surface area (Å²) in [6.45, 7) is 3.96. The van der Waals surface area contributed by atoms with E-state index in [1.54, 1.807) is 4.90 Å². The SMILES string of the molecule is CCOC(=O)CC(CCNC(=O)CN(CCc1ccccc1)C(=O)CCCC1=CCNC=C1)CCc1ccccc1. The van der Waals surface area contributed by atoms with Gasteiger partial charge in [-0.05, 0) is 80.3 Å². The minimum absolute atomic E-state index is 0.00218. The third-order valence-electron chi connectivity index (χ3n) is 7.27. The molecular weight excluding hydrogens is 514 g/mol. The standard InChI is InChI=1S/C34H45N3O4/c1-2-41-34(40)26-31(17-16-28-10-5-3-6-11-28)20-24-36-32(38)27-37(25-21-29-12-7-4-8-13-29)33(39)15-9-14-30-18-22-35-23-19-30/h3-8,10-13,18-19,22,31,35H,2,9,14-17,20-21,23-27H2,1H3,(H,36,38). The lowest BCUT2D eigenvalue weighted by molar-refractivity contribution is -0.144. The fourth-order valence-corrected chi connectivity index (χ4v) is 4.94. The van der Waals surface area contributed by atoms with Crippen LogP contribution in [0, 0.1) is 5.92 Å². The Balaban J connectivity index is 1.50. The van der Waals surface area contributed by atoms with Gasteiger partial charge >= 0.3 is 5.97 Å². The van der Waals surface area contributed by atoms with E-state index in [0.717, 1.165) is 37.8 Å². The highest BCUT2D eigenvalue weighted by molar-refractivity contribution is 5.84. The third-order valence-corrected chi connectivity index (χ3v) is 7.27. The number of carbonyl (C=O) groups excluding carboxylic acids is 3. The second-order valence-electron chi connectivity index (χ2n) is 10.5. The maximum Gasteiger partial charge on any atom is 0.306 e. The van der Waals surface area contributed by atoms with E-state index in [0.29, 0.717) is 45.4 Å². The van der Waals surface area contributed by atoms with E-state index in [4.69, 9.17) is 4.74 Å². The number of amides is 2. The minimum Gasteiger partial charge on any atom is -0.466 e. The highest BCUT2D eigenvalue weighted by Gasteiger charge is 2.19. The number of carbonyl (C=O) groups is 3. The van der Waals surface area contributed by atoms with Crippen molar-refractivity contribution in [3.8, 4) is 0 Å². The van der Waals surface area contributed by atoms with Gasteiger partial charge in [-0.1, -0.05) is 66.7 Å². The molecule has 0 bridgehead atoms. The predicted octanol–water partition coefficient (Wildman–Crippen LogP) is 4.98. The Morgan fingerprint density at radius 3 is 2.32 bits per heavy atom. The van der Waals surface area contributed by atoms with E-state index in [1.807, 2.05) is 67.7 Å². The Bertz CT molecular complexity index is 1130. The highest BCUT2D eigenvalue weighted by Crippen LogP contribution is 2.18. The van der Waals surface area contributed by atoms with Gasteiger partial charge in [-0.3, -0.25) is 14.4 Å². The predicted molar refractivity (Wildman–Crippen MR) is 163 cm³/mol. The first kappa shape index (κ1) is 31.7. The average molecular weight is 560 g/mol. The molecule has 2 aromatic rings. The molecule has 1 unspecified atom stereocenters. The Morgan fingerprint density at radius 1 is 0.951 bits per heavy atom. The van der Waals surface area contributed by atoms with Gasteiger partial charge in [0.1, 0.15) is 0 Å². The first-order valence-corrected chi connectivity index (χ1v) is 14.9. The van der Waals surface area contributed by atoms with Crippen molar-refractivity contribution >= 4 is 17.8 Å². The highest BCUT2D eigenvalue weighted by atomic mass is 16.5. The van der Waals surface area contributed by atoms with Crippen molar-refractivity contribution in [3.63, 3.8) is 0 Å².